The highest BCUT2D eigenvalue weighted by molar-refractivity contribution is 5.03. The normalized spacial score (nSPS) is 30.1. The average Bonchev–Trinajstić information content (AvgIpc) is 2.73. The number of aliphatic hydroxyl groups is 1. The Hall–Kier alpha value is -0.940. The number of ether oxygens (including phenoxy) is 1. The fourth-order valence-corrected chi connectivity index (χ4v) is 2.43. The first-order valence-corrected chi connectivity index (χ1v) is 6.02. The van der Waals surface area contributed by atoms with Crippen LogP contribution in [0.25, 0.3) is 0 Å². The molecule has 1 fully saturated rings. The second-order valence-corrected chi connectivity index (χ2v) is 4.67. The highest BCUT2D eigenvalue weighted by Gasteiger charge is 2.25. The maximum atomic E-state index is 9.57. The van der Waals surface area contributed by atoms with Crippen molar-refractivity contribution >= 4 is 0 Å². The molecular formula is C11H17N3O2. The van der Waals surface area contributed by atoms with Crippen LogP contribution in [0.15, 0.2) is 0 Å². The van der Waals surface area contributed by atoms with Crippen molar-refractivity contribution in [2.75, 3.05) is 13.2 Å². The van der Waals surface area contributed by atoms with E-state index in [-0.39, 0.29) is 6.10 Å². The number of nitrogens with zero attached hydrogens (tertiary/aromatic N) is 3. The van der Waals surface area contributed by atoms with E-state index in [1.807, 2.05) is 4.68 Å². The van der Waals surface area contributed by atoms with Crippen LogP contribution in [0.5, 0.6) is 0 Å². The van der Waals surface area contributed by atoms with E-state index in [0.717, 1.165) is 50.7 Å². The summed E-state index contributed by atoms with van der Waals surface area (Å²) in [7, 11) is 0. The summed E-state index contributed by atoms with van der Waals surface area (Å²) in [5.74, 6) is 2.19. The van der Waals surface area contributed by atoms with Gasteiger partial charge in [-0.15, -0.1) is 0 Å². The molecule has 2 aliphatic heterocycles. The van der Waals surface area contributed by atoms with Crippen LogP contribution < -0.4 is 0 Å². The molecule has 0 aliphatic carbocycles. The first-order chi connectivity index (χ1) is 7.83. The quantitative estimate of drug-likeness (QED) is 0.752. The fourth-order valence-electron chi connectivity index (χ4n) is 2.43. The van der Waals surface area contributed by atoms with Gasteiger partial charge in [0, 0.05) is 25.5 Å². The Balaban J connectivity index is 1.80. The maximum absolute atomic E-state index is 9.57. The van der Waals surface area contributed by atoms with Gasteiger partial charge in [0.05, 0.1) is 12.7 Å². The van der Waals surface area contributed by atoms with Crippen LogP contribution in [0.4, 0.5) is 0 Å². The van der Waals surface area contributed by atoms with Crippen LogP contribution in [-0.4, -0.2) is 39.2 Å². The van der Waals surface area contributed by atoms with Gasteiger partial charge in [0.25, 0.3) is 0 Å². The molecule has 0 radical (unpaired) electrons. The summed E-state index contributed by atoms with van der Waals surface area (Å²) < 4.78 is 7.39. The number of aryl methyl sites for hydroxylation is 1. The zero-order valence-corrected chi connectivity index (χ0v) is 9.30. The SMILES string of the molecule is OC1CCn2nc(C3CCCOC3)nc2C1. The smallest absolute Gasteiger partial charge is 0.156 e. The van der Waals surface area contributed by atoms with E-state index in [4.69, 9.17) is 4.74 Å². The summed E-state index contributed by atoms with van der Waals surface area (Å²) in [6.07, 6.45) is 3.40. The third kappa shape index (κ3) is 1.85. The van der Waals surface area contributed by atoms with Crippen LogP contribution in [0.3, 0.4) is 0 Å². The lowest BCUT2D eigenvalue weighted by Gasteiger charge is -2.18. The number of rotatable bonds is 1. The topological polar surface area (TPSA) is 60.2 Å². The lowest BCUT2D eigenvalue weighted by Crippen LogP contribution is -2.23. The lowest BCUT2D eigenvalue weighted by atomic mass is 10.0. The molecule has 0 saturated carbocycles. The van der Waals surface area contributed by atoms with Gasteiger partial charge in [-0.1, -0.05) is 0 Å². The van der Waals surface area contributed by atoms with Gasteiger partial charge in [0.2, 0.25) is 0 Å². The lowest BCUT2D eigenvalue weighted by molar-refractivity contribution is 0.0780. The summed E-state index contributed by atoms with van der Waals surface area (Å²) in [5, 5.41) is 14.1. The Morgan fingerprint density at radius 1 is 1.38 bits per heavy atom. The van der Waals surface area contributed by atoms with Crippen LogP contribution in [-0.2, 0) is 17.7 Å². The van der Waals surface area contributed by atoms with Crippen molar-refractivity contribution in [2.45, 2.75) is 44.2 Å². The highest BCUT2D eigenvalue weighted by atomic mass is 16.5. The summed E-state index contributed by atoms with van der Waals surface area (Å²) in [6, 6.07) is 0. The van der Waals surface area contributed by atoms with E-state index in [1.54, 1.807) is 0 Å². The molecule has 88 valence electrons. The predicted octanol–water partition coefficient (Wildman–Crippen LogP) is 0.479. The monoisotopic (exact) mass is 223 g/mol. The van der Waals surface area contributed by atoms with Crippen molar-refractivity contribution in [3.63, 3.8) is 0 Å². The first-order valence-electron chi connectivity index (χ1n) is 6.02. The molecule has 0 aromatic carbocycles. The summed E-state index contributed by atoms with van der Waals surface area (Å²) in [5.41, 5.74) is 0. The van der Waals surface area contributed by atoms with E-state index in [1.165, 1.54) is 0 Å². The molecule has 1 aromatic heterocycles. The molecule has 16 heavy (non-hydrogen) atoms. The number of hydrogen-bond acceptors (Lipinski definition) is 4. The molecule has 2 atom stereocenters. The van der Waals surface area contributed by atoms with Gasteiger partial charge in [0.1, 0.15) is 5.82 Å². The Bertz CT molecular complexity index is 371. The summed E-state index contributed by atoms with van der Waals surface area (Å²) in [6.45, 7) is 2.39. The van der Waals surface area contributed by atoms with Crippen LogP contribution in [0.1, 0.15) is 36.8 Å². The van der Waals surface area contributed by atoms with E-state index in [9.17, 15) is 5.11 Å². The van der Waals surface area contributed by atoms with Crippen molar-refractivity contribution < 1.29 is 9.84 Å². The minimum absolute atomic E-state index is 0.243. The van der Waals surface area contributed by atoms with Crippen molar-refractivity contribution in [2.24, 2.45) is 0 Å². The van der Waals surface area contributed by atoms with Gasteiger partial charge in [0.15, 0.2) is 5.82 Å². The fraction of sp³-hybridized carbons (Fsp3) is 0.818. The largest absolute Gasteiger partial charge is 0.393 e. The molecule has 0 spiro atoms. The highest BCUT2D eigenvalue weighted by Crippen LogP contribution is 2.24. The van der Waals surface area contributed by atoms with Gasteiger partial charge in [-0.3, -0.25) is 0 Å². The van der Waals surface area contributed by atoms with E-state index in [0.29, 0.717) is 12.3 Å². The van der Waals surface area contributed by atoms with E-state index in [2.05, 4.69) is 10.1 Å². The molecule has 0 amide bonds. The minimum atomic E-state index is -0.243. The number of aromatic nitrogens is 3. The van der Waals surface area contributed by atoms with Gasteiger partial charge < -0.3 is 9.84 Å². The molecule has 5 nitrogen and oxygen atoms in total. The molecule has 2 unspecified atom stereocenters. The van der Waals surface area contributed by atoms with E-state index >= 15 is 0 Å². The van der Waals surface area contributed by atoms with Crippen LogP contribution in [0, 0.1) is 0 Å². The average molecular weight is 223 g/mol. The second-order valence-electron chi connectivity index (χ2n) is 4.67. The van der Waals surface area contributed by atoms with Crippen molar-refractivity contribution in [3.8, 4) is 0 Å². The predicted molar refractivity (Wildman–Crippen MR) is 57.1 cm³/mol. The standard InChI is InChI=1S/C11H17N3O2/c15-9-3-4-14-10(6-9)12-11(13-14)8-2-1-5-16-7-8/h8-9,15H,1-7H2. The summed E-state index contributed by atoms with van der Waals surface area (Å²) in [4.78, 5) is 4.54. The minimum Gasteiger partial charge on any atom is -0.393 e. The molecule has 1 saturated heterocycles. The van der Waals surface area contributed by atoms with Gasteiger partial charge in [-0.05, 0) is 19.3 Å². The zero-order chi connectivity index (χ0) is 11.0. The molecule has 3 rings (SSSR count). The third-order valence-electron chi connectivity index (χ3n) is 3.38. The Morgan fingerprint density at radius 3 is 3.12 bits per heavy atom. The number of aliphatic hydroxyl groups excluding tert-OH is 1. The third-order valence-corrected chi connectivity index (χ3v) is 3.38. The summed E-state index contributed by atoms with van der Waals surface area (Å²) >= 11 is 0. The Labute approximate surface area is 94.4 Å². The van der Waals surface area contributed by atoms with Gasteiger partial charge in [-0.2, -0.15) is 5.10 Å². The Kier molecular flexibility index (Phi) is 2.65. The van der Waals surface area contributed by atoms with Crippen LogP contribution >= 0.6 is 0 Å². The molecule has 3 heterocycles. The molecule has 0 bridgehead atoms. The molecule has 1 N–H and O–H groups in total. The van der Waals surface area contributed by atoms with Gasteiger partial charge in [-0.25, -0.2) is 9.67 Å². The van der Waals surface area contributed by atoms with Crippen LogP contribution in [0.2, 0.25) is 0 Å². The molecule has 2 aliphatic rings. The maximum Gasteiger partial charge on any atom is 0.156 e. The number of fused-ring (bicyclic) bond motifs is 1. The zero-order valence-electron chi connectivity index (χ0n) is 9.30. The first kappa shape index (κ1) is 10.2. The van der Waals surface area contributed by atoms with E-state index < -0.39 is 0 Å². The van der Waals surface area contributed by atoms with Gasteiger partial charge >= 0.3 is 0 Å². The molecular weight excluding hydrogens is 206 g/mol. The van der Waals surface area contributed by atoms with Crippen molar-refractivity contribution in [1.82, 2.24) is 14.8 Å². The Morgan fingerprint density at radius 2 is 2.31 bits per heavy atom. The van der Waals surface area contributed by atoms with Crippen molar-refractivity contribution in [3.05, 3.63) is 11.6 Å². The number of hydrogen-bond donors (Lipinski definition) is 1. The molecule has 1 aromatic rings. The molecule has 5 heteroatoms. The second kappa shape index (κ2) is 4.14. The van der Waals surface area contributed by atoms with Crippen molar-refractivity contribution in [1.29, 1.82) is 0 Å².